The molecule has 0 fully saturated rings. The summed E-state index contributed by atoms with van der Waals surface area (Å²) < 4.78 is 1.95. The van der Waals surface area contributed by atoms with E-state index in [1.54, 1.807) is 12.4 Å². The minimum atomic E-state index is -0.0344. The molecule has 0 unspecified atom stereocenters. The molecule has 3 aromatic heterocycles. The van der Waals surface area contributed by atoms with Gasteiger partial charge in [0.25, 0.3) is 0 Å². The summed E-state index contributed by atoms with van der Waals surface area (Å²) in [5, 5.41) is 2.89. The number of aryl methyl sites for hydroxylation is 1. The molecule has 0 aliphatic heterocycles. The van der Waals surface area contributed by atoms with Gasteiger partial charge in [0.15, 0.2) is 0 Å². The molecule has 3 rings (SSSR count). The fourth-order valence-corrected chi connectivity index (χ4v) is 2.22. The van der Waals surface area contributed by atoms with Crippen molar-refractivity contribution in [3.05, 3.63) is 65.9 Å². The van der Waals surface area contributed by atoms with E-state index in [9.17, 15) is 4.79 Å². The summed E-state index contributed by atoms with van der Waals surface area (Å²) in [6, 6.07) is 7.75. The van der Waals surface area contributed by atoms with E-state index >= 15 is 0 Å². The van der Waals surface area contributed by atoms with Crippen molar-refractivity contribution < 1.29 is 4.79 Å². The monoisotopic (exact) mass is 280 g/mol. The van der Waals surface area contributed by atoms with Crippen molar-refractivity contribution in [1.29, 1.82) is 0 Å². The van der Waals surface area contributed by atoms with Crippen molar-refractivity contribution in [2.45, 2.75) is 19.9 Å². The van der Waals surface area contributed by atoms with Crippen LogP contribution in [0.5, 0.6) is 0 Å². The number of carbonyl (C=O) groups is 1. The van der Waals surface area contributed by atoms with Crippen LogP contribution in [0.25, 0.3) is 5.65 Å². The topological polar surface area (TPSA) is 59.3 Å². The molecule has 0 bridgehead atoms. The lowest BCUT2D eigenvalue weighted by molar-refractivity contribution is -0.120. The zero-order valence-corrected chi connectivity index (χ0v) is 11.8. The lowest BCUT2D eigenvalue weighted by atomic mass is 10.2. The Balaban J connectivity index is 1.65. The molecular weight excluding hydrogens is 264 g/mol. The fourth-order valence-electron chi connectivity index (χ4n) is 2.22. The molecule has 0 aromatic carbocycles. The van der Waals surface area contributed by atoms with Gasteiger partial charge in [-0.25, -0.2) is 4.98 Å². The summed E-state index contributed by atoms with van der Waals surface area (Å²) in [6.07, 6.45) is 7.55. The average molecular weight is 280 g/mol. The van der Waals surface area contributed by atoms with Crippen LogP contribution in [0, 0.1) is 6.92 Å². The van der Waals surface area contributed by atoms with Gasteiger partial charge in [-0.15, -0.1) is 0 Å². The SMILES string of the molecule is Cc1cccn2cc(CC(=O)NCc3ccncc3)nc12. The molecule has 106 valence electrons. The van der Waals surface area contributed by atoms with Gasteiger partial charge in [-0.3, -0.25) is 9.78 Å². The molecule has 0 saturated heterocycles. The first kappa shape index (κ1) is 13.3. The van der Waals surface area contributed by atoms with E-state index in [-0.39, 0.29) is 12.3 Å². The van der Waals surface area contributed by atoms with E-state index in [2.05, 4.69) is 15.3 Å². The van der Waals surface area contributed by atoms with E-state index in [0.29, 0.717) is 6.54 Å². The molecule has 0 saturated carbocycles. The largest absolute Gasteiger partial charge is 0.352 e. The minimum absolute atomic E-state index is 0.0344. The number of pyridine rings is 2. The summed E-state index contributed by atoms with van der Waals surface area (Å²) in [4.78, 5) is 20.4. The summed E-state index contributed by atoms with van der Waals surface area (Å²) in [5.74, 6) is -0.0344. The number of amides is 1. The number of nitrogens with one attached hydrogen (secondary N) is 1. The second kappa shape index (κ2) is 5.75. The standard InChI is InChI=1S/C16H16N4O/c1-12-3-2-8-20-11-14(19-16(12)20)9-15(21)18-10-13-4-6-17-7-5-13/h2-8,11H,9-10H2,1H3,(H,18,21). The number of rotatable bonds is 4. The molecule has 0 radical (unpaired) electrons. The molecule has 0 aliphatic rings. The first-order chi connectivity index (χ1) is 10.2. The molecule has 0 spiro atoms. The van der Waals surface area contributed by atoms with Crippen molar-refractivity contribution in [3.8, 4) is 0 Å². The second-order valence-corrected chi connectivity index (χ2v) is 4.96. The third-order valence-electron chi connectivity index (χ3n) is 3.31. The quantitative estimate of drug-likeness (QED) is 0.794. The number of aromatic nitrogens is 3. The number of fused-ring (bicyclic) bond motifs is 1. The first-order valence-corrected chi connectivity index (χ1v) is 6.81. The van der Waals surface area contributed by atoms with Crippen LogP contribution < -0.4 is 5.32 Å². The maximum Gasteiger partial charge on any atom is 0.226 e. The van der Waals surface area contributed by atoms with Crippen LogP contribution in [0.4, 0.5) is 0 Å². The lowest BCUT2D eigenvalue weighted by Crippen LogP contribution is -2.24. The van der Waals surface area contributed by atoms with Crippen LogP contribution in [0.1, 0.15) is 16.8 Å². The normalized spacial score (nSPS) is 10.7. The number of nitrogens with zero attached hydrogens (tertiary/aromatic N) is 3. The molecule has 1 amide bonds. The number of imidazole rings is 1. The fraction of sp³-hybridized carbons (Fsp3) is 0.188. The van der Waals surface area contributed by atoms with Crippen molar-refractivity contribution in [2.75, 3.05) is 0 Å². The van der Waals surface area contributed by atoms with Crippen molar-refractivity contribution in [1.82, 2.24) is 19.7 Å². The van der Waals surface area contributed by atoms with Gasteiger partial charge < -0.3 is 9.72 Å². The van der Waals surface area contributed by atoms with Crippen LogP contribution in [0.2, 0.25) is 0 Å². The Hall–Kier alpha value is -2.69. The third kappa shape index (κ3) is 3.08. The maximum atomic E-state index is 12.0. The van der Waals surface area contributed by atoms with Gasteiger partial charge >= 0.3 is 0 Å². The Morgan fingerprint density at radius 3 is 2.86 bits per heavy atom. The molecule has 3 heterocycles. The Bertz CT molecular complexity index is 764. The second-order valence-electron chi connectivity index (χ2n) is 4.96. The molecule has 0 aliphatic carbocycles. The van der Waals surface area contributed by atoms with Crippen molar-refractivity contribution in [3.63, 3.8) is 0 Å². The number of hydrogen-bond acceptors (Lipinski definition) is 3. The minimum Gasteiger partial charge on any atom is -0.352 e. The smallest absolute Gasteiger partial charge is 0.226 e. The Morgan fingerprint density at radius 2 is 2.10 bits per heavy atom. The average Bonchev–Trinajstić information content (AvgIpc) is 2.90. The van der Waals surface area contributed by atoms with Crippen LogP contribution in [-0.4, -0.2) is 20.3 Å². The molecule has 0 atom stereocenters. The lowest BCUT2D eigenvalue weighted by Gasteiger charge is -2.03. The summed E-state index contributed by atoms with van der Waals surface area (Å²) in [7, 11) is 0. The maximum absolute atomic E-state index is 12.0. The highest BCUT2D eigenvalue weighted by Gasteiger charge is 2.08. The van der Waals surface area contributed by atoms with Gasteiger partial charge in [0.2, 0.25) is 5.91 Å². The zero-order chi connectivity index (χ0) is 14.7. The Kier molecular flexibility index (Phi) is 3.64. The van der Waals surface area contributed by atoms with Gasteiger partial charge in [0, 0.05) is 31.3 Å². The summed E-state index contributed by atoms with van der Waals surface area (Å²) >= 11 is 0. The molecular formula is C16H16N4O. The van der Waals surface area contributed by atoms with E-state index in [1.165, 1.54) is 0 Å². The predicted octanol–water partition coefficient (Wildman–Crippen LogP) is 1.90. The zero-order valence-electron chi connectivity index (χ0n) is 11.8. The molecule has 1 N–H and O–H groups in total. The van der Waals surface area contributed by atoms with Crippen molar-refractivity contribution in [2.24, 2.45) is 0 Å². The summed E-state index contributed by atoms with van der Waals surface area (Å²) in [5.41, 5.74) is 3.80. The number of hydrogen-bond donors (Lipinski definition) is 1. The third-order valence-corrected chi connectivity index (χ3v) is 3.31. The van der Waals surface area contributed by atoms with Crippen LogP contribution >= 0.6 is 0 Å². The van der Waals surface area contributed by atoms with Crippen LogP contribution in [-0.2, 0) is 17.8 Å². The van der Waals surface area contributed by atoms with E-state index < -0.39 is 0 Å². The molecule has 5 nitrogen and oxygen atoms in total. The van der Waals surface area contributed by atoms with Crippen LogP contribution in [0.15, 0.2) is 49.1 Å². The van der Waals surface area contributed by atoms with Gasteiger partial charge in [0.1, 0.15) is 5.65 Å². The van der Waals surface area contributed by atoms with Crippen molar-refractivity contribution >= 4 is 11.6 Å². The highest BCUT2D eigenvalue weighted by atomic mass is 16.1. The molecule has 5 heteroatoms. The predicted molar refractivity (Wildman–Crippen MR) is 79.7 cm³/mol. The van der Waals surface area contributed by atoms with Crippen LogP contribution in [0.3, 0.4) is 0 Å². The summed E-state index contributed by atoms with van der Waals surface area (Å²) in [6.45, 7) is 2.52. The molecule has 3 aromatic rings. The van der Waals surface area contributed by atoms with Gasteiger partial charge in [-0.2, -0.15) is 0 Å². The Morgan fingerprint density at radius 1 is 1.29 bits per heavy atom. The Labute approximate surface area is 122 Å². The highest BCUT2D eigenvalue weighted by Crippen LogP contribution is 2.10. The first-order valence-electron chi connectivity index (χ1n) is 6.81. The van der Waals surface area contributed by atoms with Gasteiger partial charge in [-0.05, 0) is 36.2 Å². The van der Waals surface area contributed by atoms with E-state index in [0.717, 1.165) is 22.5 Å². The van der Waals surface area contributed by atoms with Gasteiger partial charge in [-0.1, -0.05) is 6.07 Å². The van der Waals surface area contributed by atoms with E-state index in [4.69, 9.17) is 0 Å². The van der Waals surface area contributed by atoms with E-state index in [1.807, 2.05) is 48.0 Å². The number of carbonyl (C=O) groups excluding carboxylic acids is 1. The molecule has 21 heavy (non-hydrogen) atoms. The van der Waals surface area contributed by atoms with Gasteiger partial charge in [0.05, 0.1) is 12.1 Å². The highest BCUT2D eigenvalue weighted by molar-refractivity contribution is 5.78.